The molecule has 3 heterocycles. The molecule has 3 aliphatic rings. The van der Waals surface area contributed by atoms with Gasteiger partial charge < -0.3 is 19.3 Å². The molecule has 0 aliphatic carbocycles. The molecule has 6 nitrogen and oxygen atoms in total. The van der Waals surface area contributed by atoms with Crippen LogP contribution >= 0.6 is 0 Å². The Balaban J connectivity index is 1.48. The number of halogens is 1. The van der Waals surface area contributed by atoms with Crippen LogP contribution in [0, 0.1) is 11.7 Å². The highest BCUT2D eigenvalue weighted by Crippen LogP contribution is 2.27. The fourth-order valence-electron chi connectivity index (χ4n) is 3.87. The lowest BCUT2D eigenvalue weighted by molar-refractivity contribution is -0.153. The predicted molar refractivity (Wildman–Crippen MR) is 86.0 cm³/mol. The van der Waals surface area contributed by atoms with Crippen molar-refractivity contribution in [2.45, 2.75) is 25.1 Å². The lowest BCUT2D eigenvalue weighted by Crippen LogP contribution is -2.53. The first kappa shape index (κ1) is 16.5. The van der Waals surface area contributed by atoms with Crippen molar-refractivity contribution in [3.8, 4) is 0 Å². The molecule has 1 aromatic rings. The van der Waals surface area contributed by atoms with Gasteiger partial charge in [0.15, 0.2) is 0 Å². The molecule has 0 bridgehead atoms. The molecule has 0 N–H and O–H groups in total. The summed E-state index contributed by atoms with van der Waals surface area (Å²) in [4.78, 5) is 28.5. The van der Waals surface area contributed by atoms with E-state index in [-0.39, 0.29) is 42.3 Å². The van der Waals surface area contributed by atoms with Crippen molar-refractivity contribution in [3.63, 3.8) is 0 Å². The fourth-order valence-corrected chi connectivity index (χ4v) is 3.87. The van der Waals surface area contributed by atoms with Gasteiger partial charge in [0.05, 0.1) is 24.7 Å². The minimum Gasteiger partial charge on any atom is -0.381 e. The van der Waals surface area contributed by atoms with E-state index in [1.54, 1.807) is 21.9 Å². The summed E-state index contributed by atoms with van der Waals surface area (Å²) >= 11 is 0. The summed E-state index contributed by atoms with van der Waals surface area (Å²) in [5, 5.41) is 0. The number of amides is 2. The van der Waals surface area contributed by atoms with E-state index in [4.69, 9.17) is 9.47 Å². The second-order valence-electron chi connectivity index (χ2n) is 6.87. The second kappa shape index (κ2) is 6.72. The number of carbonyl (C=O) groups excluding carboxylic acids is 2. The maximum absolute atomic E-state index is 13.4. The van der Waals surface area contributed by atoms with Crippen LogP contribution in [0.3, 0.4) is 0 Å². The molecule has 1 unspecified atom stereocenters. The summed E-state index contributed by atoms with van der Waals surface area (Å²) in [6.07, 6.45) is 0.565. The number of rotatable bonds is 3. The van der Waals surface area contributed by atoms with Crippen molar-refractivity contribution in [3.05, 3.63) is 35.6 Å². The SMILES string of the molecule is O=C(C1CCOC1)N1C[C@@H]2OCC(=O)N(Cc3cccc(F)c3)[C@H]2C1. The molecule has 7 heteroatoms. The molecular formula is C18H21FN2O4. The molecule has 0 spiro atoms. The third-order valence-corrected chi connectivity index (χ3v) is 5.21. The van der Waals surface area contributed by atoms with Crippen molar-refractivity contribution in [2.24, 2.45) is 5.92 Å². The molecule has 1 aromatic carbocycles. The topological polar surface area (TPSA) is 59.1 Å². The molecule has 3 aliphatic heterocycles. The maximum Gasteiger partial charge on any atom is 0.249 e. The van der Waals surface area contributed by atoms with Crippen molar-refractivity contribution in [2.75, 3.05) is 32.9 Å². The van der Waals surface area contributed by atoms with Crippen LogP contribution < -0.4 is 0 Å². The Hall–Kier alpha value is -1.99. The number of carbonyl (C=O) groups is 2. The Labute approximate surface area is 145 Å². The molecule has 0 radical (unpaired) electrons. The predicted octanol–water partition coefficient (Wildman–Crippen LogP) is 0.800. The van der Waals surface area contributed by atoms with Crippen molar-refractivity contribution in [1.82, 2.24) is 9.80 Å². The number of fused-ring (bicyclic) bond motifs is 1. The van der Waals surface area contributed by atoms with E-state index in [1.807, 2.05) is 0 Å². The minimum atomic E-state index is -0.320. The Kier molecular flexibility index (Phi) is 4.43. The van der Waals surface area contributed by atoms with Gasteiger partial charge in [0.1, 0.15) is 12.4 Å². The number of benzene rings is 1. The van der Waals surface area contributed by atoms with Gasteiger partial charge in [-0.2, -0.15) is 0 Å². The highest BCUT2D eigenvalue weighted by Gasteiger charge is 2.45. The Morgan fingerprint density at radius 3 is 2.96 bits per heavy atom. The first-order valence-electron chi connectivity index (χ1n) is 8.64. The second-order valence-corrected chi connectivity index (χ2v) is 6.87. The first-order chi connectivity index (χ1) is 12.1. The smallest absolute Gasteiger partial charge is 0.249 e. The number of hydrogen-bond donors (Lipinski definition) is 0. The van der Waals surface area contributed by atoms with Crippen LogP contribution in [0.1, 0.15) is 12.0 Å². The molecule has 0 aromatic heterocycles. The molecular weight excluding hydrogens is 327 g/mol. The van der Waals surface area contributed by atoms with E-state index < -0.39 is 0 Å². The maximum atomic E-state index is 13.4. The molecule has 2 amide bonds. The molecule has 3 atom stereocenters. The van der Waals surface area contributed by atoms with Gasteiger partial charge in [-0.25, -0.2) is 4.39 Å². The molecule has 3 saturated heterocycles. The zero-order valence-corrected chi connectivity index (χ0v) is 13.9. The average Bonchev–Trinajstić information content (AvgIpc) is 3.26. The highest BCUT2D eigenvalue weighted by molar-refractivity contribution is 5.81. The van der Waals surface area contributed by atoms with Gasteiger partial charge in [-0.15, -0.1) is 0 Å². The summed E-state index contributed by atoms with van der Waals surface area (Å²) in [5.41, 5.74) is 0.739. The molecule has 0 saturated carbocycles. The number of morpholine rings is 1. The van der Waals surface area contributed by atoms with Crippen LogP contribution in [0.2, 0.25) is 0 Å². The monoisotopic (exact) mass is 348 g/mol. The van der Waals surface area contributed by atoms with Crippen LogP contribution in [0.25, 0.3) is 0 Å². The van der Waals surface area contributed by atoms with Crippen LogP contribution in [0.5, 0.6) is 0 Å². The van der Waals surface area contributed by atoms with Crippen molar-refractivity contribution in [1.29, 1.82) is 0 Å². The summed E-state index contributed by atoms with van der Waals surface area (Å²) < 4.78 is 24.4. The van der Waals surface area contributed by atoms with Gasteiger partial charge in [-0.05, 0) is 24.1 Å². The lowest BCUT2D eigenvalue weighted by atomic mass is 10.1. The third-order valence-electron chi connectivity index (χ3n) is 5.21. The van der Waals surface area contributed by atoms with E-state index in [1.165, 1.54) is 12.1 Å². The zero-order valence-electron chi connectivity index (χ0n) is 13.9. The van der Waals surface area contributed by atoms with Gasteiger partial charge in [0.2, 0.25) is 11.8 Å². The minimum absolute atomic E-state index is 0.00501. The Morgan fingerprint density at radius 2 is 2.20 bits per heavy atom. The van der Waals surface area contributed by atoms with Crippen molar-refractivity contribution < 1.29 is 23.5 Å². The molecule has 134 valence electrons. The summed E-state index contributed by atoms with van der Waals surface area (Å²) in [5.74, 6) is -0.454. The van der Waals surface area contributed by atoms with Crippen LogP contribution in [-0.4, -0.2) is 66.7 Å². The Bertz CT molecular complexity index is 677. The molecule has 4 rings (SSSR count). The van der Waals surface area contributed by atoms with E-state index in [0.29, 0.717) is 32.8 Å². The number of likely N-dealkylation sites (tertiary alicyclic amines) is 1. The number of nitrogens with zero attached hydrogens (tertiary/aromatic N) is 2. The normalized spacial score (nSPS) is 29.2. The first-order valence-corrected chi connectivity index (χ1v) is 8.64. The van der Waals surface area contributed by atoms with Crippen LogP contribution in [0.15, 0.2) is 24.3 Å². The van der Waals surface area contributed by atoms with E-state index in [0.717, 1.165) is 12.0 Å². The standard InChI is InChI=1S/C18H21FN2O4/c19-14-3-1-2-12(6-14)7-21-15-8-20(9-16(15)25-11-17(21)22)18(23)13-4-5-24-10-13/h1-3,6,13,15-16H,4-5,7-11H2/t13?,15-,16-/m0/s1. The zero-order chi connectivity index (χ0) is 17.4. The number of ether oxygens (including phenoxy) is 2. The van der Waals surface area contributed by atoms with Crippen LogP contribution in [0.4, 0.5) is 4.39 Å². The number of hydrogen-bond acceptors (Lipinski definition) is 4. The molecule has 3 fully saturated rings. The molecule has 25 heavy (non-hydrogen) atoms. The van der Waals surface area contributed by atoms with E-state index in [2.05, 4.69) is 0 Å². The van der Waals surface area contributed by atoms with Gasteiger partial charge in [-0.3, -0.25) is 9.59 Å². The largest absolute Gasteiger partial charge is 0.381 e. The van der Waals surface area contributed by atoms with Gasteiger partial charge in [0.25, 0.3) is 0 Å². The van der Waals surface area contributed by atoms with Gasteiger partial charge >= 0.3 is 0 Å². The van der Waals surface area contributed by atoms with Crippen LogP contribution in [-0.2, 0) is 25.6 Å². The van der Waals surface area contributed by atoms with E-state index >= 15 is 0 Å². The Morgan fingerprint density at radius 1 is 1.32 bits per heavy atom. The fraction of sp³-hybridized carbons (Fsp3) is 0.556. The summed E-state index contributed by atoms with van der Waals surface area (Å²) in [6.45, 7) is 2.38. The third kappa shape index (κ3) is 3.26. The van der Waals surface area contributed by atoms with Crippen molar-refractivity contribution >= 4 is 11.8 Å². The highest BCUT2D eigenvalue weighted by atomic mass is 19.1. The lowest BCUT2D eigenvalue weighted by Gasteiger charge is -2.36. The van der Waals surface area contributed by atoms with E-state index in [9.17, 15) is 14.0 Å². The average molecular weight is 348 g/mol. The van der Waals surface area contributed by atoms with Gasteiger partial charge in [0, 0.05) is 26.2 Å². The summed E-state index contributed by atoms with van der Waals surface area (Å²) in [6, 6.07) is 6.07. The van der Waals surface area contributed by atoms with Gasteiger partial charge in [-0.1, -0.05) is 12.1 Å². The summed E-state index contributed by atoms with van der Waals surface area (Å²) in [7, 11) is 0. The quantitative estimate of drug-likeness (QED) is 0.811.